The molecule has 1 aromatic heterocycles. The van der Waals surface area contributed by atoms with Crippen LogP contribution >= 0.6 is 0 Å². The molecule has 0 radical (unpaired) electrons. The molecule has 1 rings (SSSR count). The molecule has 0 saturated carbocycles. The molecule has 1 aromatic rings. The lowest BCUT2D eigenvalue weighted by atomic mass is 10.2. The third-order valence-electron chi connectivity index (χ3n) is 2.42. The fourth-order valence-electron chi connectivity index (χ4n) is 1.41. The standard InChI is InChI=1S/C12H17NO4S/c1-3-4-7-18(15,16)9-11-6-5-10(8-13-11)12(14)17-2/h5-6,8H,3-4,7,9H2,1-2H3. The van der Waals surface area contributed by atoms with Crippen molar-refractivity contribution in [2.45, 2.75) is 25.5 Å². The molecule has 0 aliphatic rings. The Kier molecular flexibility index (Phi) is 5.27. The van der Waals surface area contributed by atoms with Gasteiger partial charge in [0.2, 0.25) is 0 Å². The predicted molar refractivity (Wildman–Crippen MR) is 68.0 cm³/mol. The Bertz CT molecular complexity index is 493. The number of ether oxygens (including phenoxy) is 1. The van der Waals surface area contributed by atoms with Gasteiger partial charge in [-0.25, -0.2) is 13.2 Å². The summed E-state index contributed by atoms with van der Waals surface area (Å²) in [4.78, 5) is 15.1. The van der Waals surface area contributed by atoms with Gasteiger partial charge in [0.25, 0.3) is 0 Å². The quantitative estimate of drug-likeness (QED) is 0.734. The van der Waals surface area contributed by atoms with Crippen LogP contribution in [0.4, 0.5) is 0 Å². The molecule has 0 N–H and O–H groups in total. The summed E-state index contributed by atoms with van der Waals surface area (Å²) in [7, 11) is -1.83. The highest BCUT2D eigenvalue weighted by Gasteiger charge is 2.13. The fourth-order valence-corrected chi connectivity index (χ4v) is 2.90. The maximum atomic E-state index is 11.7. The Labute approximate surface area is 107 Å². The lowest BCUT2D eigenvalue weighted by Gasteiger charge is -2.04. The normalized spacial score (nSPS) is 11.2. The van der Waals surface area contributed by atoms with Crippen LogP contribution in [0.1, 0.15) is 35.8 Å². The molecule has 5 nitrogen and oxygen atoms in total. The summed E-state index contributed by atoms with van der Waals surface area (Å²) >= 11 is 0. The summed E-state index contributed by atoms with van der Waals surface area (Å²) in [5, 5.41) is 0. The van der Waals surface area contributed by atoms with Gasteiger partial charge in [-0.2, -0.15) is 0 Å². The zero-order valence-electron chi connectivity index (χ0n) is 10.5. The van der Waals surface area contributed by atoms with Crippen molar-refractivity contribution in [1.29, 1.82) is 0 Å². The van der Waals surface area contributed by atoms with Crippen molar-refractivity contribution in [3.8, 4) is 0 Å². The van der Waals surface area contributed by atoms with E-state index in [0.717, 1.165) is 6.42 Å². The second kappa shape index (κ2) is 6.49. The fraction of sp³-hybridized carbons (Fsp3) is 0.500. The van der Waals surface area contributed by atoms with E-state index in [-0.39, 0.29) is 11.5 Å². The third kappa shape index (κ3) is 4.44. The highest BCUT2D eigenvalue weighted by molar-refractivity contribution is 7.90. The monoisotopic (exact) mass is 271 g/mol. The van der Waals surface area contributed by atoms with Gasteiger partial charge in [-0.1, -0.05) is 13.3 Å². The van der Waals surface area contributed by atoms with Gasteiger partial charge in [-0.3, -0.25) is 4.98 Å². The van der Waals surface area contributed by atoms with Gasteiger partial charge in [0, 0.05) is 6.20 Å². The number of unbranched alkanes of at least 4 members (excludes halogenated alkanes) is 1. The number of esters is 1. The van der Waals surface area contributed by atoms with Crippen molar-refractivity contribution >= 4 is 15.8 Å². The van der Waals surface area contributed by atoms with Crippen molar-refractivity contribution in [1.82, 2.24) is 4.98 Å². The number of methoxy groups -OCH3 is 1. The van der Waals surface area contributed by atoms with Crippen LogP contribution in [0.3, 0.4) is 0 Å². The molecule has 0 spiro atoms. The van der Waals surface area contributed by atoms with Gasteiger partial charge in [-0.05, 0) is 18.6 Å². The van der Waals surface area contributed by atoms with E-state index in [9.17, 15) is 13.2 Å². The summed E-state index contributed by atoms with van der Waals surface area (Å²) in [6, 6.07) is 3.05. The van der Waals surface area contributed by atoms with Gasteiger partial charge >= 0.3 is 5.97 Å². The van der Waals surface area contributed by atoms with E-state index in [1.54, 1.807) is 0 Å². The van der Waals surface area contributed by atoms with Crippen LogP contribution in [-0.4, -0.2) is 32.2 Å². The average molecular weight is 271 g/mol. The number of nitrogens with zero attached hydrogens (tertiary/aromatic N) is 1. The second-order valence-corrected chi connectivity index (χ2v) is 6.16. The van der Waals surface area contributed by atoms with Crippen LogP contribution < -0.4 is 0 Å². The van der Waals surface area contributed by atoms with Crippen LogP contribution in [0.2, 0.25) is 0 Å². The number of hydrogen-bond donors (Lipinski definition) is 0. The van der Waals surface area contributed by atoms with E-state index in [1.807, 2.05) is 6.92 Å². The van der Waals surface area contributed by atoms with E-state index in [2.05, 4.69) is 9.72 Å². The van der Waals surface area contributed by atoms with Crippen molar-refractivity contribution in [3.63, 3.8) is 0 Å². The maximum Gasteiger partial charge on any atom is 0.339 e. The van der Waals surface area contributed by atoms with Crippen molar-refractivity contribution in [2.24, 2.45) is 0 Å². The molecule has 0 saturated heterocycles. The summed E-state index contributed by atoms with van der Waals surface area (Å²) in [5.74, 6) is -0.402. The summed E-state index contributed by atoms with van der Waals surface area (Å²) in [5.41, 5.74) is 0.756. The Morgan fingerprint density at radius 1 is 1.39 bits per heavy atom. The number of carbonyl (C=O) groups excluding carboxylic acids is 1. The molecule has 0 aromatic carbocycles. The Morgan fingerprint density at radius 2 is 2.11 bits per heavy atom. The van der Waals surface area contributed by atoms with Gasteiger partial charge in [-0.15, -0.1) is 0 Å². The van der Waals surface area contributed by atoms with E-state index < -0.39 is 15.8 Å². The largest absolute Gasteiger partial charge is 0.465 e. The summed E-state index contributed by atoms with van der Waals surface area (Å²) in [6.07, 6.45) is 2.83. The molecule has 0 aliphatic carbocycles. The second-order valence-electron chi connectivity index (χ2n) is 3.98. The minimum atomic E-state index is -3.11. The molecule has 0 fully saturated rings. The molecular weight excluding hydrogens is 254 g/mol. The van der Waals surface area contributed by atoms with Crippen LogP contribution in [0, 0.1) is 0 Å². The molecule has 0 aliphatic heterocycles. The molecule has 1 heterocycles. The molecule has 0 atom stereocenters. The van der Waals surface area contributed by atoms with Crippen LogP contribution in [0.25, 0.3) is 0 Å². The van der Waals surface area contributed by atoms with Gasteiger partial charge in [0.1, 0.15) is 0 Å². The highest BCUT2D eigenvalue weighted by Crippen LogP contribution is 2.08. The number of carbonyl (C=O) groups is 1. The minimum absolute atomic E-state index is 0.0888. The Hall–Kier alpha value is -1.43. The lowest BCUT2D eigenvalue weighted by molar-refractivity contribution is 0.0600. The topological polar surface area (TPSA) is 73.3 Å². The average Bonchev–Trinajstić information content (AvgIpc) is 2.36. The molecule has 100 valence electrons. The van der Waals surface area contributed by atoms with Crippen LogP contribution in [-0.2, 0) is 20.3 Å². The van der Waals surface area contributed by atoms with Crippen molar-refractivity contribution in [3.05, 3.63) is 29.6 Å². The first-order chi connectivity index (χ1) is 8.48. The number of rotatable bonds is 6. The summed E-state index contributed by atoms with van der Waals surface area (Å²) < 4.78 is 27.9. The highest BCUT2D eigenvalue weighted by atomic mass is 32.2. The Morgan fingerprint density at radius 3 is 2.61 bits per heavy atom. The third-order valence-corrected chi connectivity index (χ3v) is 4.07. The van der Waals surface area contributed by atoms with E-state index >= 15 is 0 Å². The van der Waals surface area contributed by atoms with E-state index in [4.69, 9.17) is 0 Å². The zero-order chi connectivity index (χ0) is 13.6. The van der Waals surface area contributed by atoms with Crippen LogP contribution in [0.15, 0.2) is 18.3 Å². The first-order valence-corrected chi connectivity index (χ1v) is 7.54. The molecule has 0 bridgehead atoms. The smallest absolute Gasteiger partial charge is 0.339 e. The predicted octanol–water partition coefficient (Wildman–Crippen LogP) is 1.58. The number of sulfone groups is 1. The first-order valence-electron chi connectivity index (χ1n) is 5.72. The zero-order valence-corrected chi connectivity index (χ0v) is 11.4. The van der Waals surface area contributed by atoms with Gasteiger partial charge in [0.05, 0.1) is 29.9 Å². The Balaban J connectivity index is 2.72. The molecular formula is C12H17NO4S. The number of pyridine rings is 1. The lowest BCUT2D eigenvalue weighted by Crippen LogP contribution is -2.11. The van der Waals surface area contributed by atoms with Crippen LogP contribution in [0.5, 0.6) is 0 Å². The van der Waals surface area contributed by atoms with Crippen molar-refractivity contribution < 1.29 is 17.9 Å². The maximum absolute atomic E-state index is 11.7. The number of hydrogen-bond acceptors (Lipinski definition) is 5. The first kappa shape index (κ1) is 14.6. The molecule has 0 unspecified atom stereocenters. The van der Waals surface area contributed by atoms with E-state index in [0.29, 0.717) is 17.7 Å². The summed E-state index contributed by atoms with van der Waals surface area (Å²) in [6.45, 7) is 1.94. The minimum Gasteiger partial charge on any atom is -0.465 e. The molecule has 6 heteroatoms. The molecule has 18 heavy (non-hydrogen) atoms. The molecule has 0 amide bonds. The van der Waals surface area contributed by atoms with Gasteiger partial charge in [0.15, 0.2) is 9.84 Å². The van der Waals surface area contributed by atoms with E-state index in [1.165, 1.54) is 25.4 Å². The SMILES string of the molecule is CCCCS(=O)(=O)Cc1ccc(C(=O)OC)cn1. The number of aromatic nitrogens is 1. The van der Waals surface area contributed by atoms with Gasteiger partial charge < -0.3 is 4.74 Å². The van der Waals surface area contributed by atoms with Crippen molar-refractivity contribution in [2.75, 3.05) is 12.9 Å².